The number of aliphatic hydroxyl groups is 1. The summed E-state index contributed by atoms with van der Waals surface area (Å²) in [6.07, 6.45) is 3.93. The smallest absolute Gasteiger partial charge is 0.0950 e. The summed E-state index contributed by atoms with van der Waals surface area (Å²) in [5, 5.41) is 12.6. The summed E-state index contributed by atoms with van der Waals surface area (Å²) in [7, 11) is 0. The van der Waals surface area contributed by atoms with Gasteiger partial charge in [0.05, 0.1) is 18.6 Å². The van der Waals surface area contributed by atoms with Crippen LogP contribution >= 0.6 is 0 Å². The normalized spacial score (nSPS) is 17.7. The van der Waals surface area contributed by atoms with Crippen molar-refractivity contribution in [2.45, 2.75) is 45.4 Å². The molecule has 0 aromatic carbocycles. The first kappa shape index (κ1) is 11.3. The van der Waals surface area contributed by atoms with E-state index >= 15 is 0 Å². The van der Waals surface area contributed by atoms with E-state index in [9.17, 15) is 5.11 Å². The first-order valence-corrected chi connectivity index (χ1v) is 5.05. The van der Waals surface area contributed by atoms with Gasteiger partial charge < -0.3 is 14.8 Å². The maximum absolute atomic E-state index is 9.21. The Morgan fingerprint density at radius 2 is 2.14 bits per heavy atom. The van der Waals surface area contributed by atoms with Gasteiger partial charge in [-0.15, -0.1) is 0 Å². The van der Waals surface area contributed by atoms with E-state index in [-0.39, 0.29) is 12.1 Å². The molecule has 1 rings (SSSR count). The monoisotopic (exact) mass is 197 g/mol. The molecule has 0 aliphatic carbocycles. The van der Waals surface area contributed by atoms with Gasteiger partial charge in [0.25, 0.3) is 0 Å². The number of rotatable bonds is 5. The molecular weight excluding hydrogens is 178 g/mol. The van der Waals surface area contributed by atoms with E-state index in [0.29, 0.717) is 6.04 Å². The van der Waals surface area contributed by atoms with E-state index in [0.717, 1.165) is 12.0 Å². The molecule has 0 aliphatic heterocycles. The molecule has 0 radical (unpaired) electrons. The second-order valence-corrected chi connectivity index (χ2v) is 3.93. The Balaban J connectivity index is 2.37. The van der Waals surface area contributed by atoms with Gasteiger partial charge in [0, 0.05) is 17.6 Å². The summed E-state index contributed by atoms with van der Waals surface area (Å²) in [6, 6.07) is 2.52. The lowest BCUT2D eigenvalue weighted by atomic mass is 10.1. The highest BCUT2D eigenvalue weighted by Crippen LogP contribution is 2.13. The predicted molar refractivity (Wildman–Crippen MR) is 56.0 cm³/mol. The van der Waals surface area contributed by atoms with Gasteiger partial charge in [-0.05, 0) is 33.3 Å². The molecule has 3 nitrogen and oxygen atoms in total. The Kier molecular flexibility index (Phi) is 4.17. The molecule has 0 saturated carbocycles. The summed E-state index contributed by atoms with van der Waals surface area (Å²) >= 11 is 0. The second kappa shape index (κ2) is 5.17. The fraction of sp³-hybridized carbons (Fsp3) is 0.636. The van der Waals surface area contributed by atoms with Crippen LogP contribution in [0.3, 0.4) is 0 Å². The SMILES string of the molecule is CC(O)CC(C)NC(C)c1ccoc1. The molecule has 3 unspecified atom stereocenters. The average Bonchev–Trinajstić information content (AvgIpc) is 2.53. The molecule has 1 aromatic heterocycles. The van der Waals surface area contributed by atoms with Crippen LogP contribution in [0.1, 0.15) is 38.8 Å². The van der Waals surface area contributed by atoms with Crippen LogP contribution in [0, 0.1) is 0 Å². The molecular formula is C11H19NO2. The van der Waals surface area contributed by atoms with Crippen LogP contribution in [-0.2, 0) is 0 Å². The maximum Gasteiger partial charge on any atom is 0.0950 e. The number of hydrogen-bond acceptors (Lipinski definition) is 3. The Labute approximate surface area is 85.1 Å². The van der Waals surface area contributed by atoms with Crippen molar-refractivity contribution in [3.8, 4) is 0 Å². The zero-order chi connectivity index (χ0) is 10.6. The van der Waals surface area contributed by atoms with Crippen LogP contribution < -0.4 is 5.32 Å². The zero-order valence-electron chi connectivity index (χ0n) is 9.03. The molecule has 0 amide bonds. The van der Waals surface area contributed by atoms with Crippen molar-refractivity contribution in [3.05, 3.63) is 24.2 Å². The Morgan fingerprint density at radius 3 is 2.64 bits per heavy atom. The minimum atomic E-state index is -0.256. The van der Waals surface area contributed by atoms with Crippen LogP contribution in [0.4, 0.5) is 0 Å². The minimum Gasteiger partial charge on any atom is -0.472 e. The summed E-state index contributed by atoms with van der Waals surface area (Å²) in [5.41, 5.74) is 1.14. The first-order valence-electron chi connectivity index (χ1n) is 5.05. The van der Waals surface area contributed by atoms with Crippen molar-refractivity contribution in [2.24, 2.45) is 0 Å². The van der Waals surface area contributed by atoms with Crippen LogP contribution in [0.5, 0.6) is 0 Å². The lowest BCUT2D eigenvalue weighted by Crippen LogP contribution is -2.31. The van der Waals surface area contributed by atoms with Gasteiger partial charge >= 0.3 is 0 Å². The van der Waals surface area contributed by atoms with Crippen molar-refractivity contribution in [1.82, 2.24) is 5.32 Å². The maximum atomic E-state index is 9.21. The van der Waals surface area contributed by atoms with E-state index in [1.807, 2.05) is 6.07 Å². The topological polar surface area (TPSA) is 45.4 Å². The Hall–Kier alpha value is -0.800. The number of nitrogens with one attached hydrogen (secondary N) is 1. The lowest BCUT2D eigenvalue weighted by molar-refractivity contribution is 0.168. The third-order valence-electron chi connectivity index (χ3n) is 2.27. The predicted octanol–water partition coefficient (Wildman–Crippen LogP) is 2.09. The van der Waals surface area contributed by atoms with Gasteiger partial charge in [0.1, 0.15) is 0 Å². The van der Waals surface area contributed by atoms with Crippen LogP contribution in [-0.4, -0.2) is 17.3 Å². The molecule has 0 saturated heterocycles. The minimum absolute atomic E-state index is 0.256. The van der Waals surface area contributed by atoms with Gasteiger partial charge in [-0.25, -0.2) is 0 Å². The largest absolute Gasteiger partial charge is 0.472 e. The summed E-state index contributed by atoms with van der Waals surface area (Å²) in [5.74, 6) is 0. The van der Waals surface area contributed by atoms with Crippen molar-refractivity contribution in [3.63, 3.8) is 0 Å². The van der Waals surface area contributed by atoms with Gasteiger partial charge in [-0.2, -0.15) is 0 Å². The third kappa shape index (κ3) is 3.52. The fourth-order valence-corrected chi connectivity index (χ4v) is 1.62. The van der Waals surface area contributed by atoms with E-state index < -0.39 is 0 Å². The molecule has 0 fully saturated rings. The molecule has 1 aromatic rings. The molecule has 2 N–H and O–H groups in total. The van der Waals surface area contributed by atoms with E-state index in [1.165, 1.54) is 0 Å². The fourth-order valence-electron chi connectivity index (χ4n) is 1.62. The highest BCUT2D eigenvalue weighted by atomic mass is 16.3. The second-order valence-electron chi connectivity index (χ2n) is 3.93. The van der Waals surface area contributed by atoms with Crippen molar-refractivity contribution in [2.75, 3.05) is 0 Å². The molecule has 3 heteroatoms. The zero-order valence-corrected chi connectivity index (χ0v) is 9.03. The van der Waals surface area contributed by atoms with Gasteiger partial charge in [-0.1, -0.05) is 0 Å². The molecule has 0 bridgehead atoms. The first-order chi connectivity index (χ1) is 6.59. The van der Waals surface area contributed by atoms with Gasteiger partial charge in [-0.3, -0.25) is 0 Å². The van der Waals surface area contributed by atoms with Crippen molar-refractivity contribution in [1.29, 1.82) is 0 Å². The molecule has 1 heterocycles. The molecule has 3 atom stereocenters. The highest BCUT2D eigenvalue weighted by molar-refractivity contribution is 5.10. The average molecular weight is 197 g/mol. The summed E-state index contributed by atoms with van der Waals surface area (Å²) in [6.45, 7) is 5.97. The highest BCUT2D eigenvalue weighted by Gasteiger charge is 2.11. The van der Waals surface area contributed by atoms with Crippen molar-refractivity contribution >= 4 is 0 Å². The number of hydrogen-bond donors (Lipinski definition) is 2. The van der Waals surface area contributed by atoms with E-state index in [1.54, 1.807) is 19.5 Å². The quantitative estimate of drug-likeness (QED) is 0.759. The Bertz CT molecular complexity index is 244. The van der Waals surface area contributed by atoms with Gasteiger partial charge in [0.2, 0.25) is 0 Å². The molecule has 14 heavy (non-hydrogen) atoms. The summed E-state index contributed by atoms with van der Waals surface area (Å²) in [4.78, 5) is 0. The van der Waals surface area contributed by atoms with Crippen LogP contribution in [0.15, 0.2) is 23.0 Å². The van der Waals surface area contributed by atoms with Crippen LogP contribution in [0.2, 0.25) is 0 Å². The molecule has 0 spiro atoms. The number of furan rings is 1. The lowest BCUT2D eigenvalue weighted by Gasteiger charge is -2.20. The van der Waals surface area contributed by atoms with Gasteiger partial charge in [0.15, 0.2) is 0 Å². The van der Waals surface area contributed by atoms with E-state index in [4.69, 9.17) is 4.42 Å². The summed E-state index contributed by atoms with van der Waals surface area (Å²) < 4.78 is 5.01. The van der Waals surface area contributed by atoms with Crippen LogP contribution in [0.25, 0.3) is 0 Å². The third-order valence-corrected chi connectivity index (χ3v) is 2.27. The van der Waals surface area contributed by atoms with E-state index in [2.05, 4.69) is 19.2 Å². The molecule has 80 valence electrons. The standard InChI is InChI=1S/C11H19NO2/c1-8(6-9(2)13)12-10(3)11-4-5-14-7-11/h4-5,7-10,12-13H,6H2,1-3H3. The molecule has 0 aliphatic rings. The number of aliphatic hydroxyl groups excluding tert-OH is 1. The Morgan fingerprint density at radius 1 is 1.43 bits per heavy atom. The van der Waals surface area contributed by atoms with Crippen molar-refractivity contribution < 1.29 is 9.52 Å².